The van der Waals surface area contributed by atoms with Crippen molar-refractivity contribution in [1.82, 2.24) is 20.4 Å². The van der Waals surface area contributed by atoms with E-state index in [9.17, 15) is 8.78 Å². The van der Waals surface area contributed by atoms with Gasteiger partial charge >= 0.3 is 0 Å². The number of aromatic nitrogens is 3. The predicted molar refractivity (Wildman–Crippen MR) is 121 cm³/mol. The maximum Gasteiger partial charge on any atom is 0.260 e. The molecule has 170 valence electrons. The summed E-state index contributed by atoms with van der Waals surface area (Å²) in [5.41, 5.74) is 7.94. The van der Waals surface area contributed by atoms with Crippen molar-refractivity contribution in [3.8, 4) is 22.8 Å². The molecule has 4 rings (SSSR count). The lowest BCUT2D eigenvalue weighted by atomic mass is 9.74. The van der Waals surface area contributed by atoms with Crippen molar-refractivity contribution in [3.05, 3.63) is 52.3 Å². The van der Waals surface area contributed by atoms with E-state index in [-0.39, 0.29) is 12.0 Å². The maximum atomic E-state index is 12.3. The van der Waals surface area contributed by atoms with Crippen LogP contribution in [0.1, 0.15) is 48.1 Å². The SMILES string of the molecule is Cc1cc(-c2noc(-c3cncc4c3CCC(C)(C)C4)n2)cc(C)c1CCNCC(F)F. The molecule has 1 aliphatic carbocycles. The van der Waals surface area contributed by atoms with Crippen LogP contribution in [-0.4, -0.2) is 34.6 Å². The first-order chi connectivity index (χ1) is 15.2. The highest BCUT2D eigenvalue weighted by atomic mass is 19.3. The lowest BCUT2D eigenvalue weighted by Gasteiger charge is -2.31. The lowest BCUT2D eigenvalue weighted by molar-refractivity contribution is 0.146. The second kappa shape index (κ2) is 9.06. The molecule has 0 atom stereocenters. The third-order valence-corrected chi connectivity index (χ3v) is 6.33. The number of alkyl halides is 2. The van der Waals surface area contributed by atoms with E-state index < -0.39 is 6.43 Å². The fourth-order valence-corrected chi connectivity index (χ4v) is 4.62. The molecule has 0 saturated carbocycles. The Morgan fingerprint density at radius 2 is 1.91 bits per heavy atom. The number of fused-ring (bicyclic) bond motifs is 1. The zero-order valence-electron chi connectivity index (χ0n) is 19.1. The molecule has 7 heteroatoms. The Labute approximate surface area is 187 Å². The molecular formula is C25H30F2N4O. The summed E-state index contributed by atoms with van der Waals surface area (Å²) in [6, 6.07) is 4.07. The quantitative estimate of drug-likeness (QED) is 0.503. The van der Waals surface area contributed by atoms with Crippen LogP contribution in [0.4, 0.5) is 8.78 Å². The van der Waals surface area contributed by atoms with E-state index in [1.165, 1.54) is 11.1 Å². The zero-order chi connectivity index (χ0) is 22.9. The zero-order valence-corrected chi connectivity index (χ0v) is 19.1. The van der Waals surface area contributed by atoms with Crippen LogP contribution in [-0.2, 0) is 19.3 Å². The highest BCUT2D eigenvalue weighted by molar-refractivity contribution is 5.65. The monoisotopic (exact) mass is 440 g/mol. The van der Waals surface area contributed by atoms with Crippen molar-refractivity contribution in [2.75, 3.05) is 13.1 Å². The molecule has 2 aromatic heterocycles. The molecule has 0 amide bonds. The van der Waals surface area contributed by atoms with E-state index in [2.05, 4.69) is 34.3 Å². The number of nitrogens with zero attached hydrogens (tertiary/aromatic N) is 3. The summed E-state index contributed by atoms with van der Waals surface area (Å²) < 4.78 is 30.3. The van der Waals surface area contributed by atoms with Gasteiger partial charge in [-0.15, -0.1) is 0 Å². The van der Waals surface area contributed by atoms with Crippen LogP contribution in [0, 0.1) is 19.3 Å². The minimum atomic E-state index is -2.33. The highest BCUT2D eigenvalue weighted by Crippen LogP contribution is 2.38. The summed E-state index contributed by atoms with van der Waals surface area (Å²) in [6.07, 6.45) is 5.23. The van der Waals surface area contributed by atoms with Crippen LogP contribution in [0.25, 0.3) is 22.8 Å². The molecule has 32 heavy (non-hydrogen) atoms. The van der Waals surface area contributed by atoms with Gasteiger partial charge in [-0.05, 0) is 91.4 Å². The summed E-state index contributed by atoms with van der Waals surface area (Å²) in [6.45, 7) is 8.86. The van der Waals surface area contributed by atoms with Crippen molar-refractivity contribution in [2.24, 2.45) is 5.41 Å². The van der Waals surface area contributed by atoms with Gasteiger partial charge in [0.15, 0.2) is 0 Å². The van der Waals surface area contributed by atoms with Gasteiger partial charge in [-0.3, -0.25) is 4.98 Å². The average Bonchev–Trinajstić information content (AvgIpc) is 3.21. The number of hydrogen-bond donors (Lipinski definition) is 1. The topological polar surface area (TPSA) is 63.8 Å². The summed E-state index contributed by atoms with van der Waals surface area (Å²) >= 11 is 0. The number of pyridine rings is 1. The lowest BCUT2D eigenvalue weighted by Crippen LogP contribution is -2.24. The molecule has 0 bridgehead atoms. The Morgan fingerprint density at radius 3 is 2.62 bits per heavy atom. The first kappa shape index (κ1) is 22.5. The van der Waals surface area contributed by atoms with Crippen molar-refractivity contribution in [1.29, 1.82) is 0 Å². The molecule has 0 spiro atoms. The Morgan fingerprint density at radius 1 is 1.16 bits per heavy atom. The van der Waals surface area contributed by atoms with E-state index in [1.54, 1.807) is 0 Å². The largest absolute Gasteiger partial charge is 0.334 e. The number of hydrogen-bond acceptors (Lipinski definition) is 5. The average molecular weight is 441 g/mol. The Balaban J connectivity index is 1.56. The third-order valence-electron chi connectivity index (χ3n) is 6.33. The summed E-state index contributed by atoms with van der Waals surface area (Å²) in [7, 11) is 0. The second-order valence-corrected chi connectivity index (χ2v) is 9.52. The van der Waals surface area contributed by atoms with Gasteiger partial charge in [0.05, 0.1) is 12.1 Å². The maximum absolute atomic E-state index is 12.3. The molecule has 1 aliphatic rings. The summed E-state index contributed by atoms with van der Waals surface area (Å²) in [4.78, 5) is 9.12. The fraction of sp³-hybridized carbons (Fsp3) is 0.480. The molecule has 0 aliphatic heterocycles. The van der Waals surface area contributed by atoms with Crippen LogP contribution in [0.5, 0.6) is 0 Å². The Kier molecular flexibility index (Phi) is 6.38. The van der Waals surface area contributed by atoms with Gasteiger partial charge in [0.2, 0.25) is 5.82 Å². The van der Waals surface area contributed by atoms with Crippen molar-refractivity contribution in [2.45, 2.75) is 59.8 Å². The highest BCUT2D eigenvalue weighted by Gasteiger charge is 2.28. The first-order valence-corrected chi connectivity index (χ1v) is 11.1. The molecule has 0 radical (unpaired) electrons. The van der Waals surface area contributed by atoms with Crippen molar-refractivity contribution >= 4 is 0 Å². The summed E-state index contributed by atoms with van der Waals surface area (Å²) in [5.74, 6) is 1.04. The van der Waals surface area contributed by atoms with E-state index in [0.29, 0.717) is 24.7 Å². The van der Waals surface area contributed by atoms with Gasteiger partial charge in [-0.1, -0.05) is 19.0 Å². The molecule has 2 heterocycles. The molecule has 3 aromatic rings. The molecule has 1 N–H and O–H groups in total. The molecule has 0 saturated heterocycles. The Hall–Kier alpha value is -2.67. The first-order valence-electron chi connectivity index (χ1n) is 11.1. The standard InChI is InChI=1S/C25H30F2N4O/c1-15-9-17(10-16(2)19(15)6-8-28-14-22(26)27)23-30-24(32-31-23)21-13-29-12-18-11-25(3,4)7-5-20(18)21/h9-10,12-13,22,28H,5-8,11,14H2,1-4H3. The minimum absolute atomic E-state index is 0.277. The normalized spacial score (nSPS) is 15.2. The van der Waals surface area contributed by atoms with Gasteiger partial charge in [-0.2, -0.15) is 4.98 Å². The summed E-state index contributed by atoms with van der Waals surface area (Å²) in [5, 5.41) is 7.03. The van der Waals surface area contributed by atoms with Gasteiger partial charge in [0.1, 0.15) is 0 Å². The van der Waals surface area contributed by atoms with Crippen LogP contribution in [0.2, 0.25) is 0 Å². The van der Waals surface area contributed by atoms with E-state index in [4.69, 9.17) is 4.52 Å². The van der Waals surface area contributed by atoms with Crippen LogP contribution in [0.15, 0.2) is 29.0 Å². The molecule has 5 nitrogen and oxygen atoms in total. The molecule has 1 aromatic carbocycles. The molecular weight excluding hydrogens is 410 g/mol. The van der Waals surface area contributed by atoms with Gasteiger partial charge < -0.3 is 9.84 Å². The van der Waals surface area contributed by atoms with E-state index in [0.717, 1.165) is 47.1 Å². The number of rotatable bonds is 7. The minimum Gasteiger partial charge on any atom is -0.334 e. The number of aryl methyl sites for hydroxylation is 2. The van der Waals surface area contributed by atoms with Crippen LogP contribution < -0.4 is 5.32 Å². The fourth-order valence-electron chi connectivity index (χ4n) is 4.62. The third kappa shape index (κ3) is 4.88. The van der Waals surface area contributed by atoms with Crippen molar-refractivity contribution in [3.63, 3.8) is 0 Å². The van der Waals surface area contributed by atoms with Gasteiger partial charge in [-0.25, -0.2) is 8.78 Å². The second-order valence-electron chi connectivity index (χ2n) is 9.52. The smallest absolute Gasteiger partial charge is 0.260 e. The van der Waals surface area contributed by atoms with Crippen LogP contribution >= 0.6 is 0 Å². The van der Waals surface area contributed by atoms with E-state index in [1.807, 2.05) is 38.4 Å². The number of benzene rings is 1. The number of nitrogens with one attached hydrogen (secondary N) is 1. The molecule has 0 unspecified atom stereocenters. The molecule has 0 fully saturated rings. The van der Waals surface area contributed by atoms with Crippen LogP contribution in [0.3, 0.4) is 0 Å². The van der Waals surface area contributed by atoms with Gasteiger partial charge in [0, 0.05) is 18.0 Å². The Bertz CT molecular complexity index is 1080. The van der Waals surface area contributed by atoms with Gasteiger partial charge in [0.25, 0.3) is 12.3 Å². The predicted octanol–water partition coefficient (Wildman–Crippen LogP) is 5.33. The number of halogens is 2. The van der Waals surface area contributed by atoms with Crippen molar-refractivity contribution < 1.29 is 13.3 Å². The van der Waals surface area contributed by atoms with E-state index >= 15 is 0 Å².